The monoisotopic (exact) mass is 307 g/mol. The van der Waals surface area contributed by atoms with Crippen molar-refractivity contribution in [3.63, 3.8) is 0 Å². The number of alkyl halides is 6. The van der Waals surface area contributed by atoms with E-state index in [4.69, 9.17) is 4.74 Å². The summed E-state index contributed by atoms with van der Waals surface area (Å²) in [6.07, 6.45) is -8.91. The van der Waals surface area contributed by atoms with Crippen LogP contribution in [0.1, 0.15) is 11.1 Å². The molecule has 1 aromatic heterocycles. The van der Waals surface area contributed by atoms with Crippen LogP contribution in [0.4, 0.5) is 26.3 Å². The molecule has 0 fully saturated rings. The molecule has 2 rings (SSSR count). The van der Waals surface area contributed by atoms with E-state index in [2.05, 4.69) is 4.98 Å². The summed E-state index contributed by atoms with van der Waals surface area (Å²) in [7, 11) is 0. The summed E-state index contributed by atoms with van der Waals surface area (Å²) in [5, 5.41) is 0. The van der Waals surface area contributed by atoms with E-state index in [-0.39, 0.29) is 11.6 Å². The Morgan fingerprint density at radius 2 is 1.48 bits per heavy atom. The molecular weight excluding hydrogens is 300 g/mol. The quantitative estimate of drug-likeness (QED) is 0.735. The zero-order chi connectivity index (χ0) is 15.7. The molecule has 0 spiro atoms. The van der Waals surface area contributed by atoms with E-state index in [0.717, 1.165) is 6.07 Å². The molecule has 21 heavy (non-hydrogen) atoms. The number of aromatic nitrogens is 1. The molecule has 0 atom stereocenters. The highest BCUT2D eigenvalue weighted by molar-refractivity contribution is 5.40. The predicted octanol–water partition coefficient (Wildman–Crippen LogP) is 4.91. The van der Waals surface area contributed by atoms with Gasteiger partial charge in [-0.05, 0) is 24.3 Å². The van der Waals surface area contributed by atoms with Gasteiger partial charge in [0.1, 0.15) is 5.75 Å². The zero-order valence-electron chi connectivity index (χ0n) is 10.2. The van der Waals surface area contributed by atoms with Crippen molar-refractivity contribution < 1.29 is 31.1 Å². The molecule has 0 radical (unpaired) electrons. The van der Waals surface area contributed by atoms with Gasteiger partial charge in [-0.15, -0.1) is 0 Å². The molecular formula is C13H7F6NO. The van der Waals surface area contributed by atoms with Crippen molar-refractivity contribution >= 4 is 0 Å². The Balaban J connectivity index is 2.43. The van der Waals surface area contributed by atoms with E-state index in [1.165, 1.54) is 18.3 Å². The van der Waals surface area contributed by atoms with Gasteiger partial charge in [-0.1, -0.05) is 6.07 Å². The highest BCUT2D eigenvalue weighted by Crippen LogP contribution is 2.42. The molecule has 0 aliphatic carbocycles. The van der Waals surface area contributed by atoms with Gasteiger partial charge in [0.25, 0.3) is 0 Å². The van der Waals surface area contributed by atoms with Crippen LogP contribution in [-0.2, 0) is 12.4 Å². The number of ether oxygens (including phenoxy) is 1. The first-order chi connectivity index (χ1) is 9.68. The average Bonchev–Trinajstić information content (AvgIpc) is 2.37. The second-order valence-corrected chi connectivity index (χ2v) is 3.97. The molecule has 2 nitrogen and oxygen atoms in total. The fraction of sp³-hybridized carbons (Fsp3) is 0.154. The van der Waals surface area contributed by atoms with Gasteiger partial charge in [-0.25, -0.2) is 4.98 Å². The third-order valence-corrected chi connectivity index (χ3v) is 2.46. The number of rotatable bonds is 2. The van der Waals surface area contributed by atoms with Crippen LogP contribution in [0.5, 0.6) is 11.6 Å². The van der Waals surface area contributed by atoms with Crippen LogP contribution < -0.4 is 4.74 Å². The highest BCUT2D eigenvalue weighted by Gasteiger charge is 2.43. The first-order valence-corrected chi connectivity index (χ1v) is 5.55. The van der Waals surface area contributed by atoms with Gasteiger partial charge in [-0.2, -0.15) is 26.3 Å². The van der Waals surface area contributed by atoms with Crippen LogP contribution in [0.3, 0.4) is 0 Å². The Bertz CT molecular complexity index is 621. The third-order valence-electron chi connectivity index (χ3n) is 2.46. The minimum absolute atomic E-state index is 0.0228. The number of benzene rings is 1. The van der Waals surface area contributed by atoms with E-state index in [9.17, 15) is 26.3 Å². The van der Waals surface area contributed by atoms with Crippen LogP contribution in [0.15, 0.2) is 42.6 Å². The van der Waals surface area contributed by atoms with Crippen molar-refractivity contribution in [2.75, 3.05) is 0 Å². The predicted molar refractivity (Wildman–Crippen MR) is 60.8 cm³/mol. The molecule has 0 N–H and O–H groups in total. The standard InChI is InChI=1S/C13H7F6NO/c14-12(15,16)9-5-4-8(7-10(9)13(17,18)19)21-11-3-1-2-6-20-11/h1-7H. The first-order valence-electron chi connectivity index (χ1n) is 5.55. The fourth-order valence-electron chi connectivity index (χ4n) is 1.60. The summed E-state index contributed by atoms with van der Waals surface area (Å²) in [6, 6.07) is 5.90. The molecule has 112 valence electrons. The lowest BCUT2D eigenvalue weighted by molar-refractivity contribution is -0.162. The van der Waals surface area contributed by atoms with Crippen molar-refractivity contribution in [2.45, 2.75) is 12.4 Å². The fourth-order valence-corrected chi connectivity index (χ4v) is 1.60. The Kier molecular flexibility index (Phi) is 3.80. The lowest BCUT2D eigenvalue weighted by Crippen LogP contribution is -2.16. The molecule has 0 aliphatic rings. The topological polar surface area (TPSA) is 22.1 Å². The summed E-state index contributed by atoms with van der Waals surface area (Å²) >= 11 is 0. The molecule has 0 amide bonds. The summed E-state index contributed by atoms with van der Waals surface area (Å²) in [5.74, 6) is -0.403. The summed E-state index contributed by atoms with van der Waals surface area (Å²) in [6.45, 7) is 0. The van der Waals surface area contributed by atoms with Crippen molar-refractivity contribution in [3.05, 3.63) is 53.7 Å². The summed E-state index contributed by atoms with van der Waals surface area (Å²) < 4.78 is 80.9. The van der Waals surface area contributed by atoms with Crippen molar-refractivity contribution in [3.8, 4) is 11.6 Å². The van der Waals surface area contributed by atoms with Crippen LogP contribution >= 0.6 is 0 Å². The third kappa shape index (κ3) is 3.65. The molecule has 0 unspecified atom stereocenters. The van der Waals surface area contributed by atoms with E-state index >= 15 is 0 Å². The maximum absolute atomic E-state index is 12.7. The number of nitrogens with zero attached hydrogens (tertiary/aromatic N) is 1. The van der Waals surface area contributed by atoms with Gasteiger partial charge in [0.15, 0.2) is 0 Å². The minimum Gasteiger partial charge on any atom is -0.439 e. The second kappa shape index (κ2) is 5.27. The first kappa shape index (κ1) is 15.1. The minimum atomic E-state index is -5.14. The summed E-state index contributed by atoms with van der Waals surface area (Å²) in [5.41, 5.74) is -3.56. The Morgan fingerprint density at radius 3 is 2.00 bits per heavy atom. The molecule has 0 saturated carbocycles. The van der Waals surface area contributed by atoms with Crippen LogP contribution in [0, 0.1) is 0 Å². The SMILES string of the molecule is FC(F)(F)c1ccc(Oc2ccccn2)cc1C(F)(F)F. The number of pyridine rings is 1. The molecule has 0 bridgehead atoms. The maximum atomic E-state index is 12.7. The van der Waals surface area contributed by atoms with Gasteiger partial charge in [0.05, 0.1) is 11.1 Å². The molecule has 2 aromatic rings. The average molecular weight is 307 g/mol. The van der Waals surface area contributed by atoms with Gasteiger partial charge in [-0.3, -0.25) is 0 Å². The molecule has 8 heteroatoms. The largest absolute Gasteiger partial charge is 0.439 e. The van der Waals surface area contributed by atoms with Crippen molar-refractivity contribution in [2.24, 2.45) is 0 Å². The molecule has 1 aromatic carbocycles. The lowest BCUT2D eigenvalue weighted by Gasteiger charge is -2.16. The van der Waals surface area contributed by atoms with Gasteiger partial charge >= 0.3 is 12.4 Å². The maximum Gasteiger partial charge on any atom is 0.417 e. The van der Waals surface area contributed by atoms with E-state index < -0.39 is 23.5 Å². The van der Waals surface area contributed by atoms with Crippen molar-refractivity contribution in [1.29, 1.82) is 0 Å². The van der Waals surface area contributed by atoms with Crippen LogP contribution in [0.25, 0.3) is 0 Å². The number of hydrogen-bond donors (Lipinski definition) is 0. The van der Waals surface area contributed by atoms with Gasteiger partial charge < -0.3 is 4.74 Å². The second-order valence-electron chi connectivity index (χ2n) is 3.97. The molecule has 1 heterocycles. The number of hydrogen-bond acceptors (Lipinski definition) is 2. The van der Waals surface area contributed by atoms with Crippen LogP contribution in [-0.4, -0.2) is 4.98 Å². The Labute approximate surface area is 115 Å². The normalized spacial score (nSPS) is 12.3. The van der Waals surface area contributed by atoms with E-state index in [0.29, 0.717) is 12.1 Å². The van der Waals surface area contributed by atoms with Gasteiger partial charge in [0, 0.05) is 12.3 Å². The van der Waals surface area contributed by atoms with E-state index in [1.54, 1.807) is 6.07 Å². The smallest absolute Gasteiger partial charge is 0.417 e. The molecule has 0 aliphatic heterocycles. The molecule has 0 saturated heterocycles. The zero-order valence-corrected chi connectivity index (χ0v) is 10.2. The van der Waals surface area contributed by atoms with Gasteiger partial charge in [0.2, 0.25) is 5.88 Å². The lowest BCUT2D eigenvalue weighted by atomic mass is 10.1. The highest BCUT2D eigenvalue weighted by atomic mass is 19.4. The Hall–Kier alpha value is -2.25. The van der Waals surface area contributed by atoms with Crippen LogP contribution in [0.2, 0.25) is 0 Å². The summed E-state index contributed by atoms with van der Waals surface area (Å²) in [4.78, 5) is 3.71. The Morgan fingerprint density at radius 1 is 0.810 bits per heavy atom. The van der Waals surface area contributed by atoms with E-state index in [1.807, 2.05) is 0 Å². The van der Waals surface area contributed by atoms with Crippen molar-refractivity contribution in [1.82, 2.24) is 4.98 Å². The number of halogens is 6.